The van der Waals surface area contributed by atoms with Crippen molar-refractivity contribution in [3.63, 3.8) is 0 Å². The lowest BCUT2D eigenvalue weighted by Gasteiger charge is -2.00. The van der Waals surface area contributed by atoms with Crippen LogP contribution < -0.4 is 5.32 Å². The molecule has 1 amide bonds. The molecule has 0 saturated carbocycles. The van der Waals surface area contributed by atoms with Gasteiger partial charge in [0.25, 0.3) is 0 Å². The van der Waals surface area contributed by atoms with Crippen molar-refractivity contribution in [1.29, 1.82) is 0 Å². The molecule has 0 radical (unpaired) electrons. The van der Waals surface area contributed by atoms with Crippen LogP contribution in [0.2, 0.25) is 0 Å². The van der Waals surface area contributed by atoms with Crippen molar-refractivity contribution in [3.8, 4) is 0 Å². The fourth-order valence-electron chi connectivity index (χ4n) is 0.762. The van der Waals surface area contributed by atoms with Crippen LogP contribution in [0.25, 0.3) is 0 Å². The molecule has 1 rings (SSSR count). The number of amides is 1. The minimum absolute atomic E-state index is 0.0938. The van der Waals surface area contributed by atoms with Crippen LogP contribution in [0.15, 0.2) is 37.1 Å². The topological polar surface area (TPSA) is 42.0 Å². The predicted octanol–water partition coefficient (Wildman–Crippen LogP) is 1.60. The van der Waals surface area contributed by atoms with E-state index in [0.717, 1.165) is 0 Å². The van der Waals surface area contributed by atoms with Gasteiger partial charge in [-0.15, -0.1) is 6.58 Å². The highest BCUT2D eigenvalue weighted by molar-refractivity contribution is 5.90. The Labute approximate surface area is 71.1 Å². The Kier molecular flexibility index (Phi) is 3.02. The fraction of sp³-hybridized carbons (Fsp3) is 0.111. The molecule has 0 saturated heterocycles. The highest BCUT2D eigenvalue weighted by Crippen LogP contribution is 2.00. The monoisotopic (exact) mass is 162 g/mol. The number of aromatic nitrogens is 1. The second-order valence-electron chi connectivity index (χ2n) is 2.26. The van der Waals surface area contributed by atoms with Crippen molar-refractivity contribution in [1.82, 2.24) is 4.98 Å². The predicted molar refractivity (Wildman–Crippen MR) is 47.7 cm³/mol. The van der Waals surface area contributed by atoms with Crippen molar-refractivity contribution in [2.24, 2.45) is 0 Å². The molecule has 12 heavy (non-hydrogen) atoms. The Bertz CT molecular complexity index is 269. The fourth-order valence-corrected chi connectivity index (χ4v) is 0.762. The van der Waals surface area contributed by atoms with Crippen LogP contribution in [0.3, 0.4) is 0 Å². The molecule has 1 aromatic heterocycles. The van der Waals surface area contributed by atoms with Gasteiger partial charge < -0.3 is 5.32 Å². The molecule has 0 aliphatic heterocycles. The van der Waals surface area contributed by atoms with E-state index >= 15 is 0 Å². The van der Waals surface area contributed by atoms with Crippen molar-refractivity contribution in [2.45, 2.75) is 6.42 Å². The maximum atomic E-state index is 11.0. The summed E-state index contributed by atoms with van der Waals surface area (Å²) in [4.78, 5) is 14.9. The van der Waals surface area contributed by atoms with E-state index in [1.165, 1.54) is 0 Å². The molecule has 0 fully saturated rings. The van der Waals surface area contributed by atoms with E-state index in [4.69, 9.17) is 0 Å². The number of carbonyl (C=O) groups excluding carboxylic acids is 1. The molecule has 3 heteroatoms. The smallest absolute Gasteiger partial charge is 0.229 e. The number of hydrogen-bond donors (Lipinski definition) is 1. The highest BCUT2D eigenvalue weighted by atomic mass is 16.1. The van der Waals surface area contributed by atoms with Crippen LogP contribution in [0, 0.1) is 0 Å². The Morgan fingerprint density at radius 3 is 3.08 bits per heavy atom. The summed E-state index contributed by atoms with van der Waals surface area (Å²) in [5, 5.41) is 2.62. The van der Waals surface area contributed by atoms with Crippen molar-refractivity contribution >= 4 is 11.7 Å². The van der Waals surface area contributed by atoms with Crippen LogP contribution in [-0.2, 0) is 4.79 Å². The molecule has 0 aliphatic rings. The number of hydrogen-bond acceptors (Lipinski definition) is 2. The van der Waals surface area contributed by atoms with Gasteiger partial charge in [-0.25, -0.2) is 4.98 Å². The Morgan fingerprint density at radius 2 is 2.50 bits per heavy atom. The molecular weight excluding hydrogens is 152 g/mol. The van der Waals surface area contributed by atoms with Gasteiger partial charge in [0.15, 0.2) is 0 Å². The Morgan fingerprint density at radius 1 is 1.67 bits per heavy atom. The Balaban J connectivity index is 2.52. The summed E-state index contributed by atoms with van der Waals surface area (Å²) in [7, 11) is 0. The lowest BCUT2D eigenvalue weighted by atomic mass is 10.4. The second-order valence-corrected chi connectivity index (χ2v) is 2.26. The van der Waals surface area contributed by atoms with E-state index in [1.54, 1.807) is 24.4 Å². The maximum absolute atomic E-state index is 11.0. The molecule has 1 N–H and O–H groups in total. The van der Waals surface area contributed by atoms with Gasteiger partial charge in [-0.1, -0.05) is 12.1 Å². The van der Waals surface area contributed by atoms with E-state index in [0.29, 0.717) is 12.2 Å². The lowest BCUT2D eigenvalue weighted by Crippen LogP contribution is -2.10. The first-order chi connectivity index (χ1) is 5.83. The van der Waals surface area contributed by atoms with Crippen LogP contribution in [0.4, 0.5) is 5.82 Å². The Hall–Kier alpha value is -1.64. The van der Waals surface area contributed by atoms with Gasteiger partial charge in [0.2, 0.25) is 5.91 Å². The average Bonchev–Trinajstić information content (AvgIpc) is 2.06. The minimum atomic E-state index is -0.0938. The molecular formula is C9H10N2O. The maximum Gasteiger partial charge on any atom is 0.229 e. The summed E-state index contributed by atoms with van der Waals surface area (Å²) in [5.74, 6) is 0.480. The number of pyridine rings is 1. The third-order valence-electron chi connectivity index (χ3n) is 1.26. The molecule has 3 nitrogen and oxygen atoms in total. The van der Waals surface area contributed by atoms with Crippen LogP contribution in [-0.4, -0.2) is 10.9 Å². The lowest BCUT2D eigenvalue weighted by molar-refractivity contribution is -0.115. The molecule has 1 aromatic rings. The van der Waals surface area contributed by atoms with E-state index in [-0.39, 0.29) is 5.91 Å². The highest BCUT2D eigenvalue weighted by Gasteiger charge is 1.97. The van der Waals surface area contributed by atoms with E-state index < -0.39 is 0 Å². The normalized spacial score (nSPS) is 9.00. The van der Waals surface area contributed by atoms with E-state index in [2.05, 4.69) is 16.9 Å². The summed E-state index contributed by atoms with van der Waals surface area (Å²) in [6, 6.07) is 5.35. The summed E-state index contributed by atoms with van der Waals surface area (Å²) in [6.07, 6.45) is 3.50. The average molecular weight is 162 g/mol. The molecule has 0 aliphatic carbocycles. The molecule has 0 spiro atoms. The number of anilines is 1. The van der Waals surface area contributed by atoms with E-state index in [1.807, 2.05) is 6.07 Å². The standard InChI is InChI=1S/C9H10N2O/c1-2-5-9(12)11-8-6-3-4-7-10-8/h2-4,6-7H,1,5H2,(H,10,11,12). The SMILES string of the molecule is C=CCC(=O)Nc1ccccn1. The number of rotatable bonds is 3. The van der Waals surface area contributed by atoms with Crippen molar-refractivity contribution in [3.05, 3.63) is 37.1 Å². The summed E-state index contributed by atoms with van der Waals surface area (Å²) < 4.78 is 0. The largest absolute Gasteiger partial charge is 0.310 e. The third-order valence-corrected chi connectivity index (χ3v) is 1.26. The van der Waals surface area contributed by atoms with Crippen molar-refractivity contribution < 1.29 is 4.79 Å². The molecule has 0 aromatic carbocycles. The van der Waals surface area contributed by atoms with Gasteiger partial charge in [0, 0.05) is 12.6 Å². The van der Waals surface area contributed by atoms with E-state index in [9.17, 15) is 4.79 Å². The van der Waals surface area contributed by atoms with Gasteiger partial charge in [-0.05, 0) is 12.1 Å². The molecule has 62 valence electrons. The molecule has 0 atom stereocenters. The first-order valence-corrected chi connectivity index (χ1v) is 3.64. The quantitative estimate of drug-likeness (QED) is 0.686. The first-order valence-electron chi connectivity index (χ1n) is 3.64. The molecule has 1 heterocycles. The van der Waals surface area contributed by atoms with Crippen LogP contribution in [0.5, 0.6) is 0 Å². The zero-order valence-corrected chi connectivity index (χ0v) is 6.66. The first kappa shape index (κ1) is 8.46. The third kappa shape index (κ3) is 2.54. The van der Waals surface area contributed by atoms with Crippen LogP contribution >= 0.6 is 0 Å². The molecule has 0 bridgehead atoms. The summed E-state index contributed by atoms with van der Waals surface area (Å²) in [6.45, 7) is 3.46. The van der Waals surface area contributed by atoms with Crippen molar-refractivity contribution in [2.75, 3.05) is 5.32 Å². The number of nitrogens with zero attached hydrogens (tertiary/aromatic N) is 1. The number of carbonyl (C=O) groups is 1. The molecule has 0 unspecified atom stereocenters. The summed E-state index contributed by atoms with van der Waals surface area (Å²) >= 11 is 0. The second kappa shape index (κ2) is 4.28. The van der Waals surface area contributed by atoms with Crippen LogP contribution in [0.1, 0.15) is 6.42 Å². The van der Waals surface area contributed by atoms with Gasteiger partial charge in [-0.2, -0.15) is 0 Å². The van der Waals surface area contributed by atoms with Gasteiger partial charge in [-0.3, -0.25) is 4.79 Å². The zero-order chi connectivity index (χ0) is 8.81. The van der Waals surface area contributed by atoms with Gasteiger partial charge in [0.1, 0.15) is 5.82 Å². The van der Waals surface area contributed by atoms with Gasteiger partial charge in [0.05, 0.1) is 0 Å². The summed E-state index contributed by atoms with van der Waals surface area (Å²) in [5.41, 5.74) is 0. The minimum Gasteiger partial charge on any atom is -0.310 e. The number of nitrogens with one attached hydrogen (secondary N) is 1. The van der Waals surface area contributed by atoms with Gasteiger partial charge >= 0.3 is 0 Å². The zero-order valence-electron chi connectivity index (χ0n) is 6.66.